The van der Waals surface area contributed by atoms with Gasteiger partial charge in [0.05, 0.1) is 7.11 Å². The standard InChI is InChI=1S/C18H21NO5S/c1-4-14-6-5-7-15(11-14)24-18(20)12-19-25(21,22)17-10-13(2)8-9-16(17)23-3/h5-11,19H,4,12H2,1-3H3. The van der Waals surface area contributed by atoms with Gasteiger partial charge in [0, 0.05) is 0 Å². The Morgan fingerprint density at radius 1 is 1.16 bits per heavy atom. The van der Waals surface area contributed by atoms with Crippen molar-refractivity contribution in [2.45, 2.75) is 25.2 Å². The number of esters is 1. The summed E-state index contributed by atoms with van der Waals surface area (Å²) in [5, 5.41) is 0. The Bertz CT molecular complexity index is 862. The fraction of sp³-hybridized carbons (Fsp3) is 0.278. The average molecular weight is 363 g/mol. The Morgan fingerprint density at radius 2 is 1.92 bits per heavy atom. The summed E-state index contributed by atoms with van der Waals surface area (Å²) in [6.07, 6.45) is 0.811. The Labute approximate surface area is 147 Å². The zero-order chi connectivity index (χ0) is 18.4. The quantitative estimate of drug-likeness (QED) is 0.604. The minimum absolute atomic E-state index is 0.0178. The maximum Gasteiger partial charge on any atom is 0.326 e. The second kappa shape index (κ2) is 8.13. The van der Waals surface area contributed by atoms with Crippen molar-refractivity contribution in [3.63, 3.8) is 0 Å². The second-order valence-electron chi connectivity index (χ2n) is 5.45. The van der Waals surface area contributed by atoms with Crippen molar-refractivity contribution >= 4 is 16.0 Å². The molecule has 0 aliphatic carbocycles. The SMILES string of the molecule is CCc1cccc(OC(=O)CNS(=O)(=O)c2cc(C)ccc2OC)c1. The Balaban J connectivity index is 2.06. The van der Waals surface area contributed by atoms with Gasteiger partial charge in [-0.15, -0.1) is 0 Å². The number of hydrogen-bond acceptors (Lipinski definition) is 5. The molecule has 0 aliphatic heterocycles. The molecule has 0 aromatic heterocycles. The third-order valence-corrected chi connectivity index (χ3v) is 4.98. The lowest BCUT2D eigenvalue weighted by molar-refractivity contribution is -0.133. The maximum absolute atomic E-state index is 12.4. The van der Waals surface area contributed by atoms with E-state index in [1.165, 1.54) is 13.2 Å². The van der Waals surface area contributed by atoms with Gasteiger partial charge in [-0.05, 0) is 48.7 Å². The van der Waals surface area contributed by atoms with E-state index in [1.807, 2.05) is 13.0 Å². The molecule has 0 atom stereocenters. The molecule has 134 valence electrons. The van der Waals surface area contributed by atoms with E-state index in [0.717, 1.165) is 17.5 Å². The van der Waals surface area contributed by atoms with Crippen LogP contribution in [0.2, 0.25) is 0 Å². The highest BCUT2D eigenvalue weighted by atomic mass is 32.2. The number of carbonyl (C=O) groups is 1. The highest BCUT2D eigenvalue weighted by molar-refractivity contribution is 7.89. The molecule has 2 aromatic carbocycles. The summed E-state index contributed by atoms with van der Waals surface area (Å²) in [5.41, 5.74) is 1.79. The molecule has 2 rings (SSSR count). The topological polar surface area (TPSA) is 81.7 Å². The predicted molar refractivity (Wildman–Crippen MR) is 94.4 cm³/mol. The van der Waals surface area contributed by atoms with Crippen LogP contribution in [-0.4, -0.2) is 28.0 Å². The van der Waals surface area contributed by atoms with Crippen LogP contribution < -0.4 is 14.2 Å². The summed E-state index contributed by atoms with van der Waals surface area (Å²) >= 11 is 0. The molecule has 0 fully saturated rings. The van der Waals surface area contributed by atoms with Crippen molar-refractivity contribution in [2.75, 3.05) is 13.7 Å². The van der Waals surface area contributed by atoms with Crippen LogP contribution in [0.1, 0.15) is 18.1 Å². The van der Waals surface area contributed by atoms with Crippen molar-refractivity contribution in [1.82, 2.24) is 4.72 Å². The Kier molecular flexibility index (Phi) is 6.17. The molecular formula is C18H21NO5S. The van der Waals surface area contributed by atoms with Gasteiger partial charge >= 0.3 is 5.97 Å². The number of aryl methyl sites for hydroxylation is 2. The van der Waals surface area contributed by atoms with Crippen LogP contribution in [0.25, 0.3) is 0 Å². The molecule has 0 amide bonds. The predicted octanol–water partition coefficient (Wildman–Crippen LogP) is 2.45. The molecule has 0 saturated heterocycles. The lowest BCUT2D eigenvalue weighted by Gasteiger charge is -2.11. The third kappa shape index (κ3) is 5.04. The second-order valence-corrected chi connectivity index (χ2v) is 7.19. The maximum atomic E-state index is 12.4. The number of ether oxygens (including phenoxy) is 2. The number of nitrogens with one attached hydrogen (secondary N) is 1. The minimum Gasteiger partial charge on any atom is -0.495 e. The Hall–Kier alpha value is -2.38. The molecule has 0 spiro atoms. The Morgan fingerprint density at radius 3 is 2.60 bits per heavy atom. The molecule has 0 bridgehead atoms. The molecule has 0 aliphatic rings. The van der Waals surface area contributed by atoms with Gasteiger partial charge in [-0.3, -0.25) is 4.79 Å². The molecule has 0 unspecified atom stereocenters. The first-order chi connectivity index (χ1) is 11.9. The molecule has 7 heteroatoms. The molecule has 2 aromatic rings. The lowest BCUT2D eigenvalue weighted by atomic mass is 10.2. The summed E-state index contributed by atoms with van der Waals surface area (Å²) in [4.78, 5) is 11.9. The van der Waals surface area contributed by atoms with E-state index in [4.69, 9.17) is 9.47 Å². The average Bonchev–Trinajstić information content (AvgIpc) is 2.60. The molecule has 0 radical (unpaired) electrons. The number of carbonyl (C=O) groups excluding carboxylic acids is 1. The first-order valence-corrected chi connectivity index (χ1v) is 9.28. The van der Waals surface area contributed by atoms with Gasteiger partial charge in [0.2, 0.25) is 10.0 Å². The van der Waals surface area contributed by atoms with Crippen molar-refractivity contribution in [3.8, 4) is 11.5 Å². The van der Waals surface area contributed by atoms with Crippen molar-refractivity contribution in [1.29, 1.82) is 0 Å². The molecule has 1 N–H and O–H groups in total. The van der Waals surface area contributed by atoms with Crippen LogP contribution in [0.4, 0.5) is 0 Å². The van der Waals surface area contributed by atoms with E-state index in [0.29, 0.717) is 5.75 Å². The van der Waals surface area contributed by atoms with Crippen LogP contribution >= 0.6 is 0 Å². The van der Waals surface area contributed by atoms with Crippen molar-refractivity contribution < 1.29 is 22.7 Å². The van der Waals surface area contributed by atoms with E-state index >= 15 is 0 Å². The minimum atomic E-state index is -3.90. The number of methoxy groups -OCH3 is 1. The first-order valence-electron chi connectivity index (χ1n) is 7.79. The van der Waals surface area contributed by atoms with Crippen molar-refractivity contribution in [2.24, 2.45) is 0 Å². The van der Waals surface area contributed by atoms with Gasteiger partial charge < -0.3 is 9.47 Å². The van der Waals surface area contributed by atoms with Gasteiger partial charge in [0.1, 0.15) is 22.9 Å². The third-order valence-electron chi connectivity index (χ3n) is 3.55. The largest absolute Gasteiger partial charge is 0.495 e. The summed E-state index contributed by atoms with van der Waals surface area (Å²) in [5.74, 6) is -0.0951. The van der Waals surface area contributed by atoms with E-state index < -0.39 is 22.5 Å². The van der Waals surface area contributed by atoms with Gasteiger partial charge in [0.15, 0.2) is 0 Å². The number of benzene rings is 2. The van der Waals surface area contributed by atoms with Gasteiger partial charge in [0.25, 0.3) is 0 Å². The van der Waals surface area contributed by atoms with Crippen LogP contribution in [0.15, 0.2) is 47.4 Å². The molecular weight excluding hydrogens is 342 g/mol. The fourth-order valence-corrected chi connectivity index (χ4v) is 3.44. The monoisotopic (exact) mass is 363 g/mol. The molecule has 0 heterocycles. The van der Waals surface area contributed by atoms with Crippen LogP contribution in [0.5, 0.6) is 11.5 Å². The van der Waals surface area contributed by atoms with E-state index in [-0.39, 0.29) is 10.6 Å². The first kappa shape index (κ1) is 19.0. The lowest BCUT2D eigenvalue weighted by Crippen LogP contribution is -2.32. The van der Waals surface area contributed by atoms with Crippen molar-refractivity contribution in [3.05, 3.63) is 53.6 Å². The summed E-state index contributed by atoms with van der Waals surface area (Å²) < 4.78 is 37.3. The summed E-state index contributed by atoms with van der Waals surface area (Å²) in [7, 11) is -2.51. The number of rotatable bonds is 7. The number of hydrogen-bond donors (Lipinski definition) is 1. The zero-order valence-corrected chi connectivity index (χ0v) is 15.2. The van der Waals surface area contributed by atoms with Gasteiger partial charge in [-0.2, -0.15) is 4.72 Å². The molecule has 6 nitrogen and oxygen atoms in total. The van der Waals surface area contributed by atoms with E-state index in [9.17, 15) is 13.2 Å². The molecule has 25 heavy (non-hydrogen) atoms. The summed E-state index contributed by atoms with van der Waals surface area (Å²) in [6, 6.07) is 11.9. The highest BCUT2D eigenvalue weighted by Crippen LogP contribution is 2.24. The zero-order valence-electron chi connectivity index (χ0n) is 14.4. The van der Waals surface area contributed by atoms with Gasteiger partial charge in [-0.1, -0.05) is 25.1 Å². The van der Waals surface area contributed by atoms with Gasteiger partial charge in [-0.25, -0.2) is 8.42 Å². The molecule has 0 saturated carbocycles. The van der Waals surface area contributed by atoms with Crippen LogP contribution in [0, 0.1) is 6.92 Å². The van der Waals surface area contributed by atoms with Crippen LogP contribution in [-0.2, 0) is 21.2 Å². The highest BCUT2D eigenvalue weighted by Gasteiger charge is 2.21. The fourth-order valence-electron chi connectivity index (χ4n) is 2.22. The van der Waals surface area contributed by atoms with E-state index in [2.05, 4.69) is 4.72 Å². The number of sulfonamides is 1. The van der Waals surface area contributed by atoms with Crippen LogP contribution in [0.3, 0.4) is 0 Å². The normalized spacial score (nSPS) is 11.2. The van der Waals surface area contributed by atoms with E-state index in [1.54, 1.807) is 37.3 Å². The summed E-state index contributed by atoms with van der Waals surface area (Å²) in [6.45, 7) is 3.29. The smallest absolute Gasteiger partial charge is 0.326 e.